The predicted molar refractivity (Wildman–Crippen MR) is 62.7 cm³/mol. The van der Waals surface area contributed by atoms with Crippen molar-refractivity contribution in [2.24, 2.45) is 0 Å². The van der Waals surface area contributed by atoms with Gasteiger partial charge in [-0.25, -0.2) is 14.8 Å². The van der Waals surface area contributed by atoms with E-state index in [1.807, 2.05) is 6.92 Å². The molecule has 0 aliphatic carbocycles. The number of carbonyl (C=O) groups is 2. The molecule has 0 saturated heterocycles. The molecule has 1 aromatic rings. The number of amides is 1. The van der Waals surface area contributed by atoms with E-state index < -0.39 is 12.0 Å². The average molecular weight is 255 g/mol. The summed E-state index contributed by atoms with van der Waals surface area (Å²) >= 11 is 1.27. The van der Waals surface area contributed by atoms with Gasteiger partial charge in [-0.1, -0.05) is 0 Å². The van der Waals surface area contributed by atoms with Crippen LogP contribution >= 0.6 is 11.8 Å². The molecule has 6 nitrogen and oxygen atoms in total. The van der Waals surface area contributed by atoms with E-state index in [4.69, 9.17) is 5.11 Å². The molecular formula is C10H13N3O3S. The van der Waals surface area contributed by atoms with Crippen molar-refractivity contribution in [3.05, 3.63) is 18.1 Å². The molecule has 1 rings (SSSR count). The zero-order chi connectivity index (χ0) is 12.8. The van der Waals surface area contributed by atoms with Crippen LogP contribution in [0, 0.1) is 6.92 Å². The van der Waals surface area contributed by atoms with Crippen molar-refractivity contribution < 1.29 is 14.7 Å². The third-order valence-corrected chi connectivity index (χ3v) is 2.87. The largest absolute Gasteiger partial charge is 0.480 e. The minimum absolute atomic E-state index is 0.228. The molecule has 17 heavy (non-hydrogen) atoms. The van der Waals surface area contributed by atoms with Gasteiger partial charge in [-0.15, -0.1) is 11.8 Å². The normalized spacial score (nSPS) is 11.9. The first-order valence-electron chi connectivity index (χ1n) is 4.90. The Hall–Kier alpha value is -1.63. The van der Waals surface area contributed by atoms with Gasteiger partial charge in [-0.05, 0) is 13.0 Å². The summed E-state index contributed by atoms with van der Waals surface area (Å²) in [5.41, 5.74) is 0.814. The summed E-state index contributed by atoms with van der Waals surface area (Å²) in [5, 5.41) is 11.9. The molecule has 0 saturated carbocycles. The lowest BCUT2D eigenvalue weighted by atomic mass is 10.3. The Balaban J connectivity index is 2.57. The Kier molecular flexibility index (Phi) is 4.89. The van der Waals surface area contributed by atoms with Crippen molar-refractivity contribution in [2.75, 3.05) is 5.75 Å². The van der Waals surface area contributed by atoms with Crippen LogP contribution in [-0.2, 0) is 9.59 Å². The summed E-state index contributed by atoms with van der Waals surface area (Å²) in [4.78, 5) is 29.6. The van der Waals surface area contributed by atoms with E-state index in [0.29, 0.717) is 5.03 Å². The van der Waals surface area contributed by atoms with Crippen molar-refractivity contribution in [3.63, 3.8) is 0 Å². The van der Waals surface area contributed by atoms with E-state index in [1.165, 1.54) is 25.0 Å². The van der Waals surface area contributed by atoms with Gasteiger partial charge in [0, 0.05) is 18.4 Å². The number of nitrogens with zero attached hydrogens (tertiary/aromatic N) is 2. The molecule has 1 heterocycles. The maximum absolute atomic E-state index is 10.9. The zero-order valence-electron chi connectivity index (χ0n) is 9.51. The number of carbonyl (C=O) groups excluding carboxylic acids is 1. The van der Waals surface area contributed by atoms with Gasteiger partial charge < -0.3 is 10.4 Å². The highest BCUT2D eigenvalue weighted by molar-refractivity contribution is 7.99. The molecule has 0 bridgehead atoms. The van der Waals surface area contributed by atoms with Crippen LogP contribution in [0.4, 0.5) is 0 Å². The molecule has 0 aliphatic rings. The third-order valence-electron chi connectivity index (χ3n) is 1.85. The number of nitrogens with one attached hydrogen (secondary N) is 1. The molecule has 2 N–H and O–H groups in total. The fourth-order valence-corrected chi connectivity index (χ4v) is 2.04. The Morgan fingerprint density at radius 1 is 1.53 bits per heavy atom. The van der Waals surface area contributed by atoms with Crippen molar-refractivity contribution >= 4 is 23.6 Å². The molecule has 1 aromatic heterocycles. The molecule has 92 valence electrons. The molecule has 7 heteroatoms. The average Bonchev–Trinajstić information content (AvgIpc) is 2.23. The summed E-state index contributed by atoms with van der Waals surface area (Å²) in [7, 11) is 0. The monoisotopic (exact) mass is 255 g/mol. The molecule has 0 aromatic carbocycles. The van der Waals surface area contributed by atoms with Crippen LogP contribution in [0.15, 0.2) is 17.4 Å². The van der Waals surface area contributed by atoms with Crippen LogP contribution in [0.2, 0.25) is 0 Å². The van der Waals surface area contributed by atoms with E-state index in [-0.39, 0.29) is 11.7 Å². The summed E-state index contributed by atoms with van der Waals surface area (Å²) < 4.78 is 0. The van der Waals surface area contributed by atoms with Gasteiger partial charge >= 0.3 is 5.97 Å². The maximum Gasteiger partial charge on any atom is 0.327 e. The van der Waals surface area contributed by atoms with Gasteiger partial charge in [0.2, 0.25) is 5.91 Å². The summed E-state index contributed by atoms with van der Waals surface area (Å²) in [6.07, 6.45) is 1.42. The topological polar surface area (TPSA) is 92.2 Å². The van der Waals surface area contributed by atoms with E-state index in [1.54, 1.807) is 6.07 Å². The number of aliphatic carboxylic acids is 1. The van der Waals surface area contributed by atoms with Crippen LogP contribution < -0.4 is 5.32 Å². The van der Waals surface area contributed by atoms with Gasteiger partial charge in [0.1, 0.15) is 12.4 Å². The van der Waals surface area contributed by atoms with Crippen molar-refractivity contribution in [3.8, 4) is 0 Å². The quantitative estimate of drug-likeness (QED) is 0.587. The predicted octanol–water partition coefficient (Wildman–Crippen LogP) is 0.466. The second kappa shape index (κ2) is 6.19. The zero-order valence-corrected chi connectivity index (χ0v) is 10.3. The number of aromatic nitrogens is 2. The molecule has 0 spiro atoms. The summed E-state index contributed by atoms with van der Waals surface area (Å²) in [6.45, 7) is 3.11. The molecule has 1 atom stereocenters. The minimum Gasteiger partial charge on any atom is -0.480 e. The standard InChI is InChI=1S/C10H13N3O3S/c1-6-3-9(12-5-11-6)17-4-8(10(15)16)13-7(2)14/h3,5,8H,4H2,1-2H3,(H,13,14)(H,15,16)/t8-/m0/s1. The highest BCUT2D eigenvalue weighted by atomic mass is 32.2. The highest BCUT2D eigenvalue weighted by Gasteiger charge is 2.18. The van der Waals surface area contributed by atoms with Crippen molar-refractivity contribution in [2.45, 2.75) is 24.9 Å². The Labute approximate surface area is 103 Å². The molecule has 0 fully saturated rings. The molecule has 0 unspecified atom stereocenters. The molecular weight excluding hydrogens is 242 g/mol. The summed E-state index contributed by atoms with van der Waals surface area (Å²) in [6, 6.07) is 0.852. The van der Waals surface area contributed by atoms with Gasteiger partial charge in [-0.3, -0.25) is 4.79 Å². The van der Waals surface area contributed by atoms with Crippen LogP contribution in [-0.4, -0.2) is 38.7 Å². The smallest absolute Gasteiger partial charge is 0.327 e. The Morgan fingerprint density at radius 2 is 2.24 bits per heavy atom. The SMILES string of the molecule is CC(=O)N[C@@H](CSc1cc(C)ncn1)C(=O)O. The first-order chi connectivity index (χ1) is 7.99. The maximum atomic E-state index is 10.9. The van der Waals surface area contributed by atoms with Crippen molar-refractivity contribution in [1.82, 2.24) is 15.3 Å². The first kappa shape index (κ1) is 13.4. The van der Waals surface area contributed by atoms with E-state index in [0.717, 1.165) is 5.69 Å². The van der Waals surface area contributed by atoms with Crippen molar-refractivity contribution in [1.29, 1.82) is 0 Å². The fraction of sp³-hybridized carbons (Fsp3) is 0.400. The number of hydrogen-bond acceptors (Lipinski definition) is 5. The number of hydrogen-bond donors (Lipinski definition) is 2. The van der Waals surface area contributed by atoms with Crippen LogP contribution in [0.5, 0.6) is 0 Å². The van der Waals surface area contributed by atoms with Crippen LogP contribution in [0.3, 0.4) is 0 Å². The van der Waals surface area contributed by atoms with Gasteiger partial charge in [0.05, 0.1) is 5.03 Å². The second-order valence-corrected chi connectivity index (χ2v) is 4.44. The van der Waals surface area contributed by atoms with E-state index in [2.05, 4.69) is 15.3 Å². The number of rotatable bonds is 5. The van der Waals surface area contributed by atoms with Gasteiger partial charge in [0.15, 0.2) is 0 Å². The van der Waals surface area contributed by atoms with Crippen LogP contribution in [0.25, 0.3) is 0 Å². The van der Waals surface area contributed by atoms with E-state index in [9.17, 15) is 9.59 Å². The molecule has 0 aliphatic heterocycles. The number of aryl methyl sites for hydroxylation is 1. The lowest BCUT2D eigenvalue weighted by Gasteiger charge is -2.12. The van der Waals surface area contributed by atoms with Gasteiger partial charge in [0.25, 0.3) is 0 Å². The second-order valence-electron chi connectivity index (χ2n) is 3.40. The van der Waals surface area contributed by atoms with Gasteiger partial charge in [-0.2, -0.15) is 0 Å². The fourth-order valence-electron chi connectivity index (χ4n) is 1.10. The summed E-state index contributed by atoms with van der Waals surface area (Å²) in [5.74, 6) is -1.19. The number of carboxylic acids is 1. The number of thioether (sulfide) groups is 1. The number of carboxylic acid groups (broad SMARTS) is 1. The lowest BCUT2D eigenvalue weighted by molar-refractivity contribution is -0.140. The highest BCUT2D eigenvalue weighted by Crippen LogP contribution is 2.16. The Bertz CT molecular complexity index is 425. The lowest BCUT2D eigenvalue weighted by Crippen LogP contribution is -2.41. The third kappa shape index (κ3) is 4.81. The molecule has 1 amide bonds. The minimum atomic E-state index is -1.06. The Morgan fingerprint density at radius 3 is 2.76 bits per heavy atom. The first-order valence-corrected chi connectivity index (χ1v) is 5.89. The van der Waals surface area contributed by atoms with E-state index >= 15 is 0 Å². The molecule has 0 radical (unpaired) electrons. The van der Waals surface area contributed by atoms with Crippen LogP contribution in [0.1, 0.15) is 12.6 Å².